The van der Waals surface area contributed by atoms with E-state index >= 15 is 0 Å². The van der Waals surface area contributed by atoms with Crippen molar-refractivity contribution in [1.82, 2.24) is 4.90 Å². The molecule has 0 N–H and O–H groups in total. The molecule has 0 rings (SSSR count). The summed E-state index contributed by atoms with van der Waals surface area (Å²) in [5, 5.41) is 0. The van der Waals surface area contributed by atoms with Crippen LogP contribution in [0.3, 0.4) is 0 Å². The maximum absolute atomic E-state index is 4.26. The lowest BCUT2D eigenvalue weighted by Crippen LogP contribution is -2.28. The van der Waals surface area contributed by atoms with Gasteiger partial charge in [-0.05, 0) is 13.3 Å². The lowest BCUT2D eigenvalue weighted by Gasteiger charge is -2.24. The Bertz CT molecular complexity index is 77.0. The van der Waals surface area contributed by atoms with Gasteiger partial charge in [-0.15, -0.1) is 49.6 Å². The second-order valence-electron chi connectivity index (χ2n) is 1.57. The molecule has 0 aliphatic heterocycles. The first-order valence-electron chi connectivity index (χ1n) is 2.38. The fourth-order valence-corrected chi connectivity index (χ4v) is 1.53. The van der Waals surface area contributed by atoms with E-state index in [1.54, 1.807) is 11.8 Å². The van der Waals surface area contributed by atoms with Gasteiger partial charge in [-0.25, -0.2) is 0 Å². The monoisotopic (exact) mass is 201 g/mol. The Morgan fingerprint density at radius 1 is 1.33 bits per heavy atom. The van der Waals surface area contributed by atoms with Crippen molar-refractivity contribution >= 4 is 49.6 Å². The molecule has 0 aliphatic rings. The summed E-state index contributed by atoms with van der Waals surface area (Å²) in [5.41, 5.74) is 0. The van der Waals surface area contributed by atoms with Gasteiger partial charge in [-0.2, -0.15) is 0 Å². The van der Waals surface area contributed by atoms with E-state index < -0.39 is 0 Å². The Morgan fingerprint density at radius 2 is 1.78 bits per heavy atom. The molecular weight excluding hydrogens is 190 g/mol. The summed E-state index contributed by atoms with van der Waals surface area (Å²) in [4.78, 5) is 1.94. The van der Waals surface area contributed by atoms with E-state index in [-0.39, 0.29) is 9.41 Å². The van der Waals surface area contributed by atoms with Gasteiger partial charge in [0.25, 0.3) is 0 Å². The van der Waals surface area contributed by atoms with Gasteiger partial charge in [0.1, 0.15) is 4.71 Å². The smallest absolute Gasteiger partial charge is 0.101 e. The molecule has 56 valence electrons. The van der Waals surface area contributed by atoms with Crippen molar-refractivity contribution in [2.24, 2.45) is 0 Å². The predicted octanol–water partition coefficient (Wildman–Crippen LogP) is 1.64. The molecule has 0 saturated heterocycles. The molecule has 0 aromatic heterocycles. The lowest BCUT2D eigenvalue weighted by molar-refractivity contribution is 0.423. The van der Waals surface area contributed by atoms with Crippen molar-refractivity contribution in [3.05, 3.63) is 0 Å². The third kappa shape index (κ3) is 3.93. The summed E-state index contributed by atoms with van der Waals surface area (Å²) >= 11 is 14.1. The highest BCUT2D eigenvalue weighted by atomic mass is 32.2. The van der Waals surface area contributed by atoms with Crippen LogP contribution in [0.15, 0.2) is 0 Å². The van der Waals surface area contributed by atoms with Gasteiger partial charge in [0.05, 0.1) is 4.71 Å². The molecule has 0 amide bonds. The average molecular weight is 201 g/mol. The van der Waals surface area contributed by atoms with E-state index in [0.717, 1.165) is 0 Å². The molecule has 1 atom stereocenters. The van der Waals surface area contributed by atoms with Gasteiger partial charge in [0, 0.05) is 0 Å². The van der Waals surface area contributed by atoms with Gasteiger partial charge in [-0.1, -0.05) is 0 Å². The van der Waals surface area contributed by atoms with Crippen molar-refractivity contribution in [3.63, 3.8) is 0 Å². The molecule has 1 unspecified atom stereocenters. The fourth-order valence-electron chi connectivity index (χ4n) is 0.280. The Labute approximate surface area is 77.2 Å². The summed E-state index contributed by atoms with van der Waals surface area (Å²) in [7, 11) is 1.93. The molecule has 0 radical (unpaired) electrons. The van der Waals surface area contributed by atoms with E-state index in [1.165, 1.54) is 0 Å². The van der Waals surface area contributed by atoms with E-state index in [9.17, 15) is 0 Å². The molecular formula is C4H11NS4. The van der Waals surface area contributed by atoms with E-state index in [4.69, 9.17) is 0 Å². The van der Waals surface area contributed by atoms with Crippen LogP contribution < -0.4 is 0 Å². The van der Waals surface area contributed by atoms with Crippen LogP contribution in [0.25, 0.3) is 0 Å². The minimum absolute atomic E-state index is 0.0278. The highest BCUT2D eigenvalue weighted by molar-refractivity contribution is 8.09. The number of nitrogens with zero attached hydrogens (tertiary/aromatic N) is 1. The Kier molecular flexibility index (Phi) is 5.84. The normalized spacial score (nSPS) is 15.0. The molecule has 1 nitrogen and oxygen atoms in total. The number of thioether (sulfide) groups is 1. The number of hydrogen-bond donors (Lipinski definition) is 3. The molecule has 0 spiro atoms. The fraction of sp³-hybridized carbons (Fsp3) is 1.00. The molecule has 0 aliphatic carbocycles. The Hall–Kier alpha value is 1.36. The zero-order chi connectivity index (χ0) is 7.44. The van der Waals surface area contributed by atoms with E-state index in [0.29, 0.717) is 0 Å². The van der Waals surface area contributed by atoms with Crippen molar-refractivity contribution in [3.8, 4) is 0 Å². The highest BCUT2D eigenvalue weighted by Gasteiger charge is 2.11. The minimum atomic E-state index is -0.0278. The van der Waals surface area contributed by atoms with Crippen LogP contribution in [-0.4, -0.2) is 27.6 Å². The lowest BCUT2D eigenvalue weighted by atomic mass is 11.0. The minimum Gasteiger partial charge on any atom is -0.266 e. The van der Waals surface area contributed by atoms with Gasteiger partial charge in [0.15, 0.2) is 0 Å². The number of thiol groups is 3. The molecule has 0 heterocycles. The zero-order valence-corrected chi connectivity index (χ0v) is 8.85. The first-order valence-corrected chi connectivity index (χ1v) is 5.22. The molecule has 9 heavy (non-hydrogen) atoms. The van der Waals surface area contributed by atoms with Crippen LogP contribution in [0.4, 0.5) is 0 Å². The molecule has 0 aromatic carbocycles. The van der Waals surface area contributed by atoms with Crippen molar-refractivity contribution in [2.45, 2.75) is 9.41 Å². The third-order valence-corrected chi connectivity index (χ3v) is 3.40. The van der Waals surface area contributed by atoms with E-state index in [1.807, 2.05) is 18.2 Å². The average Bonchev–Trinajstić information content (AvgIpc) is 1.84. The van der Waals surface area contributed by atoms with Gasteiger partial charge in [-0.3, -0.25) is 4.90 Å². The third-order valence-electron chi connectivity index (χ3n) is 0.923. The first kappa shape index (κ1) is 10.4. The number of hydrogen-bond acceptors (Lipinski definition) is 5. The summed E-state index contributed by atoms with van der Waals surface area (Å²) in [6.07, 6.45) is 2.00. The topological polar surface area (TPSA) is 3.24 Å². The van der Waals surface area contributed by atoms with Crippen molar-refractivity contribution in [2.75, 3.05) is 13.3 Å². The van der Waals surface area contributed by atoms with Crippen LogP contribution in [-0.2, 0) is 0 Å². The molecule has 0 fully saturated rings. The summed E-state index contributed by atoms with van der Waals surface area (Å²) < 4.78 is 0.157. The molecule has 0 bridgehead atoms. The summed E-state index contributed by atoms with van der Waals surface area (Å²) in [5.74, 6) is 0. The van der Waals surface area contributed by atoms with Crippen LogP contribution in [0, 0.1) is 0 Å². The van der Waals surface area contributed by atoms with Crippen LogP contribution in [0.2, 0.25) is 0 Å². The van der Waals surface area contributed by atoms with Crippen LogP contribution in [0.5, 0.6) is 0 Å². The maximum atomic E-state index is 4.26. The van der Waals surface area contributed by atoms with Gasteiger partial charge in [0.2, 0.25) is 0 Å². The summed E-state index contributed by atoms with van der Waals surface area (Å²) in [6, 6.07) is 0. The second kappa shape index (κ2) is 5.07. The van der Waals surface area contributed by atoms with Gasteiger partial charge < -0.3 is 0 Å². The zero-order valence-electron chi connectivity index (χ0n) is 5.35. The molecule has 0 aromatic rings. The molecule has 0 saturated carbocycles. The highest BCUT2D eigenvalue weighted by Crippen LogP contribution is 2.19. The van der Waals surface area contributed by atoms with E-state index in [2.05, 4.69) is 37.9 Å². The van der Waals surface area contributed by atoms with Crippen molar-refractivity contribution < 1.29 is 0 Å². The second-order valence-corrected chi connectivity index (χ2v) is 4.72. The van der Waals surface area contributed by atoms with Crippen molar-refractivity contribution in [1.29, 1.82) is 0 Å². The number of rotatable bonds is 3. The predicted molar refractivity (Wildman–Crippen MR) is 55.8 cm³/mol. The van der Waals surface area contributed by atoms with Crippen LogP contribution >= 0.6 is 49.6 Å². The van der Waals surface area contributed by atoms with Crippen LogP contribution in [0.1, 0.15) is 0 Å². The summed E-state index contributed by atoms with van der Waals surface area (Å²) in [6.45, 7) is 0. The quantitative estimate of drug-likeness (QED) is 0.471. The standard InChI is InChI=1S/C4H11NS4/c1-5(3(6)7)4(8)9-2/h3-4,6-8H,1-2H3. The first-order chi connectivity index (χ1) is 4.09. The molecule has 5 heteroatoms. The Balaban J connectivity index is 3.58. The maximum Gasteiger partial charge on any atom is 0.101 e. The Morgan fingerprint density at radius 3 is 1.89 bits per heavy atom. The SMILES string of the molecule is CSC(S)N(C)C(S)S. The van der Waals surface area contributed by atoms with Gasteiger partial charge >= 0.3 is 0 Å². The largest absolute Gasteiger partial charge is 0.266 e.